The molecule has 2 N–H and O–H groups in total. The fourth-order valence-corrected chi connectivity index (χ4v) is 2.05. The SMILES string of the molecule is CN(C(=O)c1ccc([N+](=O)[O-])c(N)c1)C1CCOC1. The topological polar surface area (TPSA) is 98.7 Å². The summed E-state index contributed by atoms with van der Waals surface area (Å²) in [5.74, 6) is -0.211. The molecule has 0 spiro atoms. The molecule has 2 rings (SSSR count). The normalized spacial score (nSPS) is 18.3. The average Bonchev–Trinajstić information content (AvgIpc) is 2.90. The Balaban J connectivity index is 2.19. The van der Waals surface area contributed by atoms with Gasteiger partial charge in [0.2, 0.25) is 0 Å². The molecule has 0 aliphatic carbocycles. The standard InChI is InChI=1S/C12H15N3O4/c1-14(9-4-5-19-7-9)12(16)8-2-3-11(15(17)18)10(13)6-8/h2-3,6,9H,4-5,7,13H2,1H3. The van der Waals surface area contributed by atoms with Crippen molar-refractivity contribution in [1.82, 2.24) is 4.90 Å². The molecule has 0 aromatic heterocycles. The molecule has 1 atom stereocenters. The van der Waals surface area contributed by atoms with E-state index in [1.54, 1.807) is 11.9 Å². The molecule has 7 heteroatoms. The van der Waals surface area contributed by atoms with Crippen LogP contribution in [-0.2, 0) is 4.74 Å². The Morgan fingerprint density at radius 2 is 2.32 bits per heavy atom. The van der Waals surface area contributed by atoms with E-state index >= 15 is 0 Å². The van der Waals surface area contributed by atoms with Gasteiger partial charge in [-0.05, 0) is 18.6 Å². The summed E-state index contributed by atoms with van der Waals surface area (Å²) >= 11 is 0. The van der Waals surface area contributed by atoms with E-state index in [0.29, 0.717) is 18.8 Å². The molecule has 1 amide bonds. The number of benzene rings is 1. The van der Waals surface area contributed by atoms with Crippen LogP contribution in [0.3, 0.4) is 0 Å². The first-order valence-electron chi connectivity index (χ1n) is 5.89. The summed E-state index contributed by atoms with van der Waals surface area (Å²) in [6.07, 6.45) is 0.796. The fourth-order valence-electron chi connectivity index (χ4n) is 2.05. The Morgan fingerprint density at radius 3 is 2.84 bits per heavy atom. The number of hydrogen-bond donors (Lipinski definition) is 1. The number of rotatable bonds is 3. The molecular formula is C12H15N3O4. The van der Waals surface area contributed by atoms with Crippen molar-refractivity contribution in [3.05, 3.63) is 33.9 Å². The predicted octanol–water partition coefficient (Wildman–Crippen LogP) is 1.04. The number of carbonyl (C=O) groups is 1. The van der Waals surface area contributed by atoms with Crippen molar-refractivity contribution >= 4 is 17.3 Å². The number of nitro groups is 1. The van der Waals surface area contributed by atoms with E-state index in [2.05, 4.69) is 0 Å². The van der Waals surface area contributed by atoms with Crippen molar-refractivity contribution in [2.45, 2.75) is 12.5 Å². The van der Waals surface area contributed by atoms with Gasteiger partial charge >= 0.3 is 0 Å². The summed E-state index contributed by atoms with van der Waals surface area (Å²) in [6.45, 7) is 1.16. The Bertz CT molecular complexity index is 512. The second kappa shape index (κ2) is 5.23. The number of nitrogens with zero attached hydrogens (tertiary/aromatic N) is 2. The average molecular weight is 265 g/mol. The summed E-state index contributed by atoms with van der Waals surface area (Å²) in [5, 5.41) is 10.7. The van der Waals surface area contributed by atoms with E-state index < -0.39 is 4.92 Å². The van der Waals surface area contributed by atoms with Crippen molar-refractivity contribution in [2.75, 3.05) is 26.0 Å². The third-order valence-electron chi connectivity index (χ3n) is 3.24. The van der Waals surface area contributed by atoms with Crippen LogP contribution in [0.2, 0.25) is 0 Å². The lowest BCUT2D eigenvalue weighted by molar-refractivity contribution is -0.383. The maximum atomic E-state index is 12.2. The van der Waals surface area contributed by atoms with Gasteiger partial charge in [0.1, 0.15) is 5.69 Å². The van der Waals surface area contributed by atoms with Gasteiger partial charge in [-0.3, -0.25) is 14.9 Å². The summed E-state index contributed by atoms with van der Waals surface area (Å²) in [5.41, 5.74) is 5.72. The Morgan fingerprint density at radius 1 is 1.58 bits per heavy atom. The van der Waals surface area contributed by atoms with E-state index in [0.717, 1.165) is 6.42 Å². The quantitative estimate of drug-likeness (QED) is 0.500. The zero-order chi connectivity index (χ0) is 14.0. The summed E-state index contributed by atoms with van der Waals surface area (Å²) in [7, 11) is 1.69. The number of hydrogen-bond acceptors (Lipinski definition) is 5. The first kappa shape index (κ1) is 13.3. The summed E-state index contributed by atoms with van der Waals surface area (Å²) < 4.78 is 5.23. The molecular weight excluding hydrogens is 250 g/mol. The van der Waals surface area contributed by atoms with Crippen LogP contribution in [0.25, 0.3) is 0 Å². The van der Waals surface area contributed by atoms with Crippen LogP contribution >= 0.6 is 0 Å². The van der Waals surface area contributed by atoms with E-state index in [1.165, 1.54) is 18.2 Å². The van der Waals surface area contributed by atoms with Crippen LogP contribution in [0, 0.1) is 10.1 Å². The highest BCUT2D eigenvalue weighted by atomic mass is 16.6. The number of carbonyl (C=O) groups excluding carboxylic acids is 1. The lowest BCUT2D eigenvalue weighted by atomic mass is 10.1. The highest BCUT2D eigenvalue weighted by Gasteiger charge is 2.25. The van der Waals surface area contributed by atoms with Crippen molar-refractivity contribution in [2.24, 2.45) is 0 Å². The van der Waals surface area contributed by atoms with Gasteiger partial charge in [0.05, 0.1) is 17.6 Å². The van der Waals surface area contributed by atoms with Gasteiger partial charge in [-0.2, -0.15) is 0 Å². The van der Waals surface area contributed by atoms with Gasteiger partial charge in [0, 0.05) is 25.3 Å². The van der Waals surface area contributed by atoms with Crippen molar-refractivity contribution in [1.29, 1.82) is 0 Å². The van der Waals surface area contributed by atoms with Crippen LogP contribution in [0.15, 0.2) is 18.2 Å². The third kappa shape index (κ3) is 2.65. The Hall–Kier alpha value is -2.15. The second-order valence-electron chi connectivity index (χ2n) is 4.46. The fraction of sp³-hybridized carbons (Fsp3) is 0.417. The lowest BCUT2D eigenvalue weighted by Crippen LogP contribution is -2.37. The van der Waals surface area contributed by atoms with Crippen molar-refractivity contribution < 1.29 is 14.5 Å². The van der Waals surface area contributed by atoms with Gasteiger partial charge in [-0.15, -0.1) is 0 Å². The third-order valence-corrected chi connectivity index (χ3v) is 3.24. The Labute approximate surface area is 110 Å². The second-order valence-corrected chi connectivity index (χ2v) is 4.46. The number of nitro benzene ring substituents is 1. The first-order chi connectivity index (χ1) is 9.00. The van der Waals surface area contributed by atoms with Crippen LogP contribution in [0.4, 0.5) is 11.4 Å². The monoisotopic (exact) mass is 265 g/mol. The number of nitrogens with two attached hydrogens (primary N) is 1. The minimum atomic E-state index is -0.571. The minimum Gasteiger partial charge on any atom is -0.393 e. The largest absolute Gasteiger partial charge is 0.393 e. The molecule has 1 unspecified atom stereocenters. The molecule has 7 nitrogen and oxygen atoms in total. The van der Waals surface area contributed by atoms with Crippen molar-refractivity contribution in [3.8, 4) is 0 Å². The molecule has 1 aliphatic heterocycles. The highest BCUT2D eigenvalue weighted by molar-refractivity contribution is 5.95. The number of likely N-dealkylation sites (N-methyl/N-ethyl adjacent to an activating group) is 1. The van der Waals surface area contributed by atoms with Gasteiger partial charge in [-0.25, -0.2) is 0 Å². The minimum absolute atomic E-state index is 0.00748. The predicted molar refractivity (Wildman–Crippen MR) is 68.8 cm³/mol. The smallest absolute Gasteiger partial charge is 0.292 e. The van der Waals surface area contributed by atoms with Gasteiger partial charge in [-0.1, -0.05) is 0 Å². The van der Waals surface area contributed by atoms with Crippen LogP contribution in [0.5, 0.6) is 0 Å². The zero-order valence-corrected chi connectivity index (χ0v) is 10.5. The molecule has 1 aromatic carbocycles. The molecule has 0 bridgehead atoms. The molecule has 1 aromatic rings. The van der Waals surface area contributed by atoms with Crippen molar-refractivity contribution in [3.63, 3.8) is 0 Å². The number of anilines is 1. The molecule has 0 saturated carbocycles. The Kier molecular flexibility index (Phi) is 3.66. The number of amides is 1. The van der Waals surface area contributed by atoms with Crippen LogP contribution < -0.4 is 5.73 Å². The van der Waals surface area contributed by atoms with Gasteiger partial charge < -0.3 is 15.4 Å². The van der Waals surface area contributed by atoms with Crippen LogP contribution in [-0.4, -0.2) is 42.0 Å². The molecule has 1 fully saturated rings. The molecule has 1 saturated heterocycles. The molecule has 19 heavy (non-hydrogen) atoms. The molecule has 1 aliphatic rings. The van der Waals surface area contributed by atoms with Crippen LogP contribution in [0.1, 0.15) is 16.8 Å². The number of ether oxygens (including phenoxy) is 1. The first-order valence-corrected chi connectivity index (χ1v) is 5.89. The zero-order valence-electron chi connectivity index (χ0n) is 10.5. The molecule has 1 heterocycles. The molecule has 102 valence electrons. The van der Waals surface area contributed by atoms with E-state index in [9.17, 15) is 14.9 Å². The number of nitrogen functional groups attached to an aromatic ring is 1. The van der Waals surface area contributed by atoms with E-state index in [1.807, 2.05) is 0 Å². The van der Waals surface area contributed by atoms with Gasteiger partial charge in [0.15, 0.2) is 0 Å². The summed E-state index contributed by atoms with van der Waals surface area (Å²) in [6, 6.07) is 4.06. The molecule has 0 radical (unpaired) electrons. The lowest BCUT2D eigenvalue weighted by Gasteiger charge is -2.23. The van der Waals surface area contributed by atoms with E-state index in [4.69, 9.17) is 10.5 Å². The maximum absolute atomic E-state index is 12.2. The summed E-state index contributed by atoms with van der Waals surface area (Å²) in [4.78, 5) is 23.9. The highest BCUT2D eigenvalue weighted by Crippen LogP contribution is 2.23. The van der Waals surface area contributed by atoms with Gasteiger partial charge in [0.25, 0.3) is 11.6 Å². The van der Waals surface area contributed by atoms with E-state index in [-0.39, 0.29) is 23.3 Å². The maximum Gasteiger partial charge on any atom is 0.292 e.